The number of rotatable bonds is 5. The number of aliphatic hydroxyl groups is 1. The van der Waals surface area contributed by atoms with Gasteiger partial charge in [-0.25, -0.2) is 0 Å². The largest absolute Gasteiger partial charge is 0.490 e. The highest BCUT2D eigenvalue weighted by molar-refractivity contribution is 5.44. The molecule has 2 rings (SSSR count). The smallest absolute Gasteiger partial charge is 0.161 e. The van der Waals surface area contributed by atoms with Gasteiger partial charge >= 0.3 is 0 Å². The van der Waals surface area contributed by atoms with E-state index in [0.29, 0.717) is 32.2 Å². The molecule has 0 saturated carbocycles. The van der Waals surface area contributed by atoms with Gasteiger partial charge in [-0.1, -0.05) is 26.8 Å². The van der Waals surface area contributed by atoms with Crippen molar-refractivity contribution in [2.24, 2.45) is 5.41 Å². The highest BCUT2D eigenvalue weighted by atomic mass is 16.5. The molecule has 1 heterocycles. The molecule has 1 aromatic carbocycles. The maximum absolute atomic E-state index is 10.2. The van der Waals surface area contributed by atoms with Crippen molar-refractivity contribution in [1.82, 2.24) is 0 Å². The minimum Gasteiger partial charge on any atom is -0.490 e. The van der Waals surface area contributed by atoms with Crippen LogP contribution >= 0.6 is 0 Å². The Hall–Kier alpha value is -1.26. The third kappa shape index (κ3) is 5.21. The Kier molecular flexibility index (Phi) is 5.48. The lowest BCUT2D eigenvalue weighted by atomic mass is 9.93. The van der Waals surface area contributed by atoms with Crippen LogP contribution in [0.15, 0.2) is 18.2 Å². The summed E-state index contributed by atoms with van der Waals surface area (Å²) in [5.41, 5.74) is 1.05. The van der Waals surface area contributed by atoms with Crippen molar-refractivity contribution in [1.29, 1.82) is 0 Å². The van der Waals surface area contributed by atoms with E-state index in [-0.39, 0.29) is 5.41 Å². The van der Waals surface area contributed by atoms with Crippen LogP contribution in [0.1, 0.15) is 45.3 Å². The molecule has 0 bridgehead atoms. The predicted octanol–water partition coefficient (Wildman–Crippen LogP) is 3.33. The number of hydrogen-bond donors (Lipinski definition) is 1. The van der Waals surface area contributed by atoms with Crippen LogP contribution in [-0.4, -0.2) is 31.5 Å². The quantitative estimate of drug-likeness (QED) is 0.846. The van der Waals surface area contributed by atoms with Crippen molar-refractivity contribution < 1.29 is 19.3 Å². The average molecular weight is 294 g/mol. The van der Waals surface area contributed by atoms with Crippen LogP contribution in [-0.2, 0) is 4.74 Å². The summed E-state index contributed by atoms with van der Waals surface area (Å²) in [4.78, 5) is 0. The molecule has 0 aromatic heterocycles. The Balaban J connectivity index is 1.87. The normalized spacial score (nSPS) is 16.4. The van der Waals surface area contributed by atoms with Crippen LogP contribution < -0.4 is 9.47 Å². The summed E-state index contributed by atoms with van der Waals surface area (Å²) in [7, 11) is 0. The highest BCUT2D eigenvalue weighted by Gasteiger charge is 2.15. The first-order valence-electron chi connectivity index (χ1n) is 7.61. The summed E-state index contributed by atoms with van der Waals surface area (Å²) < 4.78 is 16.8. The molecule has 0 amide bonds. The summed E-state index contributed by atoms with van der Waals surface area (Å²) in [6, 6.07) is 5.57. The standard InChI is InChI=1S/C17H26O4/c1-17(2,3)7-10-19-12-14(18)13-5-6-15-16(11-13)21-9-4-8-20-15/h5-6,11,14,18H,4,7-10,12H2,1-3H3. The third-order valence-electron chi connectivity index (χ3n) is 3.43. The Morgan fingerprint density at radius 2 is 1.90 bits per heavy atom. The second-order valence-electron chi connectivity index (χ2n) is 6.66. The molecule has 0 radical (unpaired) electrons. The van der Waals surface area contributed by atoms with Crippen LogP contribution in [0.4, 0.5) is 0 Å². The monoisotopic (exact) mass is 294 g/mol. The summed E-state index contributed by atoms with van der Waals surface area (Å²) >= 11 is 0. The minimum absolute atomic E-state index is 0.250. The molecule has 1 aliphatic rings. The molecule has 0 aliphatic carbocycles. The maximum atomic E-state index is 10.2. The van der Waals surface area contributed by atoms with Crippen LogP contribution in [0.5, 0.6) is 11.5 Å². The Labute approximate surface area is 127 Å². The molecule has 21 heavy (non-hydrogen) atoms. The van der Waals surface area contributed by atoms with Crippen molar-refractivity contribution in [3.63, 3.8) is 0 Å². The van der Waals surface area contributed by atoms with Gasteiger partial charge in [-0.3, -0.25) is 0 Å². The van der Waals surface area contributed by atoms with Gasteiger partial charge in [-0.05, 0) is 29.5 Å². The molecule has 1 unspecified atom stereocenters. The number of ether oxygens (including phenoxy) is 3. The molecule has 1 aliphatic heterocycles. The van der Waals surface area contributed by atoms with Crippen LogP contribution in [0.25, 0.3) is 0 Å². The molecule has 0 saturated heterocycles. The second kappa shape index (κ2) is 7.14. The van der Waals surface area contributed by atoms with E-state index in [1.54, 1.807) is 0 Å². The van der Waals surface area contributed by atoms with Crippen molar-refractivity contribution in [2.45, 2.75) is 39.7 Å². The number of aliphatic hydroxyl groups excluding tert-OH is 1. The number of hydrogen-bond acceptors (Lipinski definition) is 4. The molecule has 0 spiro atoms. The summed E-state index contributed by atoms with van der Waals surface area (Å²) in [6.07, 6.45) is 1.21. The SMILES string of the molecule is CC(C)(C)CCOCC(O)c1ccc2c(c1)OCCCO2. The number of fused-ring (bicyclic) bond motifs is 1. The van der Waals surface area contributed by atoms with Gasteiger partial charge in [0.15, 0.2) is 11.5 Å². The molecule has 4 nitrogen and oxygen atoms in total. The molecule has 4 heteroatoms. The third-order valence-corrected chi connectivity index (χ3v) is 3.43. The molecular formula is C17H26O4. The fraction of sp³-hybridized carbons (Fsp3) is 0.647. The van der Waals surface area contributed by atoms with E-state index in [0.717, 1.165) is 24.2 Å². The van der Waals surface area contributed by atoms with Gasteiger partial charge in [0.1, 0.15) is 6.10 Å². The maximum Gasteiger partial charge on any atom is 0.161 e. The van der Waals surface area contributed by atoms with Gasteiger partial charge in [-0.2, -0.15) is 0 Å². The van der Waals surface area contributed by atoms with E-state index in [2.05, 4.69) is 20.8 Å². The van der Waals surface area contributed by atoms with Crippen LogP contribution in [0, 0.1) is 5.41 Å². The van der Waals surface area contributed by atoms with Crippen molar-refractivity contribution in [3.05, 3.63) is 23.8 Å². The zero-order chi connectivity index (χ0) is 15.3. The lowest BCUT2D eigenvalue weighted by Gasteiger charge is -2.19. The predicted molar refractivity (Wildman–Crippen MR) is 81.9 cm³/mol. The number of benzene rings is 1. The molecule has 0 fully saturated rings. The van der Waals surface area contributed by atoms with E-state index in [1.165, 1.54) is 0 Å². The Bertz CT molecular complexity index is 451. The van der Waals surface area contributed by atoms with Crippen molar-refractivity contribution in [2.75, 3.05) is 26.4 Å². The van der Waals surface area contributed by atoms with E-state index in [4.69, 9.17) is 14.2 Å². The topological polar surface area (TPSA) is 47.9 Å². The molecule has 118 valence electrons. The second-order valence-corrected chi connectivity index (χ2v) is 6.66. The lowest BCUT2D eigenvalue weighted by Crippen LogP contribution is -2.13. The van der Waals surface area contributed by atoms with Gasteiger partial charge < -0.3 is 19.3 Å². The van der Waals surface area contributed by atoms with Crippen LogP contribution in [0.2, 0.25) is 0 Å². The first-order valence-corrected chi connectivity index (χ1v) is 7.61. The molecule has 1 aromatic rings. The highest BCUT2D eigenvalue weighted by Crippen LogP contribution is 2.32. The van der Waals surface area contributed by atoms with E-state index in [1.807, 2.05) is 18.2 Å². The zero-order valence-electron chi connectivity index (χ0n) is 13.2. The minimum atomic E-state index is -0.637. The Morgan fingerprint density at radius 1 is 1.19 bits per heavy atom. The first kappa shape index (κ1) is 16.1. The first-order chi connectivity index (χ1) is 9.96. The van der Waals surface area contributed by atoms with Crippen LogP contribution in [0.3, 0.4) is 0 Å². The summed E-state index contributed by atoms with van der Waals surface area (Å²) in [5, 5.41) is 10.2. The van der Waals surface area contributed by atoms with Gasteiger partial charge in [-0.15, -0.1) is 0 Å². The van der Waals surface area contributed by atoms with Gasteiger partial charge in [0.2, 0.25) is 0 Å². The fourth-order valence-corrected chi connectivity index (χ4v) is 2.06. The summed E-state index contributed by atoms with van der Waals surface area (Å²) in [5.74, 6) is 1.45. The van der Waals surface area contributed by atoms with E-state index in [9.17, 15) is 5.11 Å². The molecule has 1 atom stereocenters. The fourth-order valence-electron chi connectivity index (χ4n) is 2.06. The molecule has 1 N–H and O–H groups in total. The van der Waals surface area contributed by atoms with E-state index < -0.39 is 6.10 Å². The Morgan fingerprint density at radius 3 is 2.62 bits per heavy atom. The van der Waals surface area contributed by atoms with Gasteiger partial charge in [0, 0.05) is 13.0 Å². The van der Waals surface area contributed by atoms with E-state index >= 15 is 0 Å². The lowest BCUT2D eigenvalue weighted by molar-refractivity contribution is 0.0262. The summed E-state index contributed by atoms with van der Waals surface area (Å²) in [6.45, 7) is 8.81. The van der Waals surface area contributed by atoms with Crippen molar-refractivity contribution >= 4 is 0 Å². The van der Waals surface area contributed by atoms with Crippen molar-refractivity contribution in [3.8, 4) is 11.5 Å². The molecular weight excluding hydrogens is 268 g/mol. The van der Waals surface area contributed by atoms with Gasteiger partial charge in [0.25, 0.3) is 0 Å². The average Bonchev–Trinajstić information content (AvgIpc) is 2.66. The zero-order valence-corrected chi connectivity index (χ0v) is 13.2. The van der Waals surface area contributed by atoms with Gasteiger partial charge in [0.05, 0.1) is 19.8 Å².